The van der Waals surface area contributed by atoms with Gasteiger partial charge in [0.05, 0.1) is 23.3 Å². The number of nitrogens with one attached hydrogen (secondary N) is 2. The van der Waals surface area contributed by atoms with Gasteiger partial charge in [0, 0.05) is 5.69 Å². The maximum absolute atomic E-state index is 12.7. The molecule has 0 unspecified atom stereocenters. The van der Waals surface area contributed by atoms with E-state index in [0.29, 0.717) is 11.4 Å². The molecular weight excluding hydrogens is 416 g/mol. The summed E-state index contributed by atoms with van der Waals surface area (Å²) in [5.41, 5.74) is 1.89. The van der Waals surface area contributed by atoms with Crippen molar-refractivity contribution in [2.45, 2.75) is 11.8 Å². The van der Waals surface area contributed by atoms with E-state index >= 15 is 0 Å². The molecule has 2 N–H and O–H groups in total. The molecule has 3 aromatic rings. The van der Waals surface area contributed by atoms with Gasteiger partial charge in [-0.1, -0.05) is 29.8 Å². The number of para-hydroxylation sites is 1. The topological polar surface area (TPSA) is 102 Å². The fraction of sp³-hybridized carbons (Fsp3) is 0.130. The van der Waals surface area contributed by atoms with Gasteiger partial charge in [0.15, 0.2) is 9.84 Å². The molecule has 0 bridgehead atoms. The lowest BCUT2D eigenvalue weighted by Gasteiger charge is -2.12. The Hall–Kier alpha value is -3.65. The van der Waals surface area contributed by atoms with Crippen molar-refractivity contribution >= 4 is 33.0 Å². The molecule has 3 aromatic carbocycles. The van der Waals surface area contributed by atoms with Crippen molar-refractivity contribution in [3.63, 3.8) is 0 Å². The van der Waals surface area contributed by atoms with E-state index in [4.69, 9.17) is 4.74 Å². The van der Waals surface area contributed by atoms with Crippen LogP contribution in [0.25, 0.3) is 0 Å². The standard InChI is InChI=1S/C23H22N2O5S/c1-16-7-13-19(14-8-16)31(28,29)15-22(26)25-21-6-4-3-5-20(21)23(27)24-17-9-11-18(30-2)12-10-17/h3-14H,15H2,1-2H3,(H,24,27)(H,25,26). The molecule has 0 aromatic heterocycles. The van der Waals surface area contributed by atoms with Crippen molar-refractivity contribution in [1.82, 2.24) is 0 Å². The van der Waals surface area contributed by atoms with Gasteiger partial charge in [-0.3, -0.25) is 9.59 Å². The predicted octanol–water partition coefficient (Wildman–Crippen LogP) is 3.67. The molecule has 0 fully saturated rings. The van der Waals surface area contributed by atoms with Crippen LogP contribution in [0.1, 0.15) is 15.9 Å². The normalized spacial score (nSPS) is 10.9. The van der Waals surface area contributed by atoms with Crippen LogP contribution >= 0.6 is 0 Å². The predicted molar refractivity (Wildman–Crippen MR) is 119 cm³/mol. The van der Waals surface area contributed by atoms with E-state index < -0.39 is 27.4 Å². The van der Waals surface area contributed by atoms with Crippen LogP contribution in [0.4, 0.5) is 11.4 Å². The zero-order valence-corrected chi connectivity index (χ0v) is 17.9. The third-order valence-corrected chi connectivity index (χ3v) is 6.13. The first kappa shape index (κ1) is 22.0. The Morgan fingerprint density at radius 2 is 1.52 bits per heavy atom. The van der Waals surface area contributed by atoms with E-state index in [9.17, 15) is 18.0 Å². The Morgan fingerprint density at radius 1 is 0.871 bits per heavy atom. The molecule has 2 amide bonds. The highest BCUT2D eigenvalue weighted by atomic mass is 32.2. The van der Waals surface area contributed by atoms with Crippen LogP contribution in [-0.4, -0.2) is 33.1 Å². The zero-order valence-electron chi connectivity index (χ0n) is 17.1. The first-order valence-corrected chi connectivity index (χ1v) is 11.1. The van der Waals surface area contributed by atoms with E-state index in [1.165, 1.54) is 12.1 Å². The molecule has 31 heavy (non-hydrogen) atoms. The average Bonchev–Trinajstić information content (AvgIpc) is 2.74. The van der Waals surface area contributed by atoms with Crippen LogP contribution in [0, 0.1) is 6.92 Å². The zero-order chi connectivity index (χ0) is 22.4. The van der Waals surface area contributed by atoms with E-state index in [0.717, 1.165) is 5.56 Å². The van der Waals surface area contributed by atoms with Crippen LogP contribution in [0.5, 0.6) is 5.75 Å². The number of anilines is 2. The number of benzene rings is 3. The van der Waals surface area contributed by atoms with Crippen molar-refractivity contribution in [1.29, 1.82) is 0 Å². The van der Waals surface area contributed by atoms with Crippen LogP contribution in [-0.2, 0) is 14.6 Å². The number of rotatable bonds is 7. The van der Waals surface area contributed by atoms with Crippen LogP contribution < -0.4 is 15.4 Å². The molecule has 0 spiro atoms. The van der Waals surface area contributed by atoms with Gasteiger partial charge in [-0.15, -0.1) is 0 Å². The minimum atomic E-state index is -3.81. The Labute approximate surface area is 181 Å². The van der Waals surface area contributed by atoms with Crippen molar-refractivity contribution in [2.24, 2.45) is 0 Å². The van der Waals surface area contributed by atoms with Gasteiger partial charge in [-0.05, 0) is 55.5 Å². The molecule has 0 aliphatic rings. The molecule has 160 valence electrons. The highest BCUT2D eigenvalue weighted by molar-refractivity contribution is 7.92. The molecule has 8 heteroatoms. The SMILES string of the molecule is COc1ccc(NC(=O)c2ccccc2NC(=O)CS(=O)(=O)c2ccc(C)cc2)cc1. The second-order valence-corrected chi connectivity index (χ2v) is 8.84. The Balaban J connectivity index is 1.72. The maximum Gasteiger partial charge on any atom is 0.257 e. The maximum atomic E-state index is 12.7. The van der Waals surface area contributed by atoms with E-state index in [2.05, 4.69) is 10.6 Å². The van der Waals surface area contributed by atoms with Gasteiger partial charge >= 0.3 is 0 Å². The molecular formula is C23H22N2O5S. The first-order valence-electron chi connectivity index (χ1n) is 9.42. The monoisotopic (exact) mass is 438 g/mol. The number of aryl methyl sites for hydroxylation is 1. The van der Waals surface area contributed by atoms with Gasteiger partial charge in [-0.2, -0.15) is 0 Å². The largest absolute Gasteiger partial charge is 0.497 e. The lowest BCUT2D eigenvalue weighted by atomic mass is 10.1. The number of carbonyl (C=O) groups is 2. The molecule has 0 heterocycles. The highest BCUT2D eigenvalue weighted by Crippen LogP contribution is 2.20. The second-order valence-electron chi connectivity index (χ2n) is 6.85. The number of hydrogen-bond acceptors (Lipinski definition) is 5. The van der Waals surface area contributed by atoms with E-state index in [-0.39, 0.29) is 16.1 Å². The summed E-state index contributed by atoms with van der Waals surface area (Å²) in [6, 6.07) is 19.4. The van der Waals surface area contributed by atoms with Crippen molar-refractivity contribution < 1.29 is 22.7 Å². The number of hydrogen-bond donors (Lipinski definition) is 2. The molecule has 3 rings (SSSR count). The van der Waals surface area contributed by atoms with Crippen molar-refractivity contribution in [2.75, 3.05) is 23.5 Å². The number of amides is 2. The summed E-state index contributed by atoms with van der Waals surface area (Å²) >= 11 is 0. The molecule has 0 radical (unpaired) electrons. The quantitative estimate of drug-likeness (QED) is 0.586. The number of sulfone groups is 1. The summed E-state index contributed by atoms with van der Waals surface area (Å²) in [6.07, 6.45) is 0. The number of ether oxygens (including phenoxy) is 1. The summed E-state index contributed by atoms with van der Waals surface area (Å²) in [5, 5.41) is 5.27. The number of methoxy groups -OCH3 is 1. The minimum Gasteiger partial charge on any atom is -0.497 e. The van der Waals surface area contributed by atoms with Crippen molar-refractivity contribution in [3.05, 3.63) is 83.9 Å². The fourth-order valence-electron chi connectivity index (χ4n) is 2.85. The average molecular weight is 439 g/mol. The molecule has 7 nitrogen and oxygen atoms in total. The molecule has 0 aliphatic carbocycles. The smallest absolute Gasteiger partial charge is 0.257 e. The Bertz CT molecular complexity index is 1190. The lowest BCUT2D eigenvalue weighted by molar-refractivity contribution is -0.113. The summed E-state index contributed by atoms with van der Waals surface area (Å²) in [7, 11) is -2.26. The van der Waals surface area contributed by atoms with E-state index in [1.54, 1.807) is 67.8 Å². The molecule has 0 saturated carbocycles. The van der Waals surface area contributed by atoms with Gasteiger partial charge < -0.3 is 15.4 Å². The third-order valence-electron chi connectivity index (χ3n) is 4.49. The molecule has 0 saturated heterocycles. The van der Waals surface area contributed by atoms with Gasteiger partial charge in [-0.25, -0.2) is 8.42 Å². The van der Waals surface area contributed by atoms with Crippen LogP contribution in [0.15, 0.2) is 77.7 Å². The van der Waals surface area contributed by atoms with Gasteiger partial charge in [0.2, 0.25) is 5.91 Å². The van der Waals surface area contributed by atoms with Gasteiger partial charge in [0.1, 0.15) is 11.5 Å². The third kappa shape index (κ3) is 5.70. The number of carbonyl (C=O) groups excluding carboxylic acids is 2. The molecule has 0 atom stereocenters. The Kier molecular flexibility index (Phi) is 6.71. The summed E-state index contributed by atoms with van der Waals surface area (Å²) < 4.78 is 30.1. The highest BCUT2D eigenvalue weighted by Gasteiger charge is 2.21. The first-order chi connectivity index (χ1) is 14.8. The van der Waals surface area contributed by atoms with Crippen LogP contribution in [0.2, 0.25) is 0 Å². The molecule has 0 aliphatic heterocycles. The summed E-state index contributed by atoms with van der Waals surface area (Å²) in [4.78, 5) is 25.2. The van der Waals surface area contributed by atoms with E-state index in [1.807, 2.05) is 6.92 Å². The minimum absolute atomic E-state index is 0.0683. The fourth-order valence-corrected chi connectivity index (χ4v) is 3.99. The Morgan fingerprint density at radius 3 is 2.16 bits per heavy atom. The van der Waals surface area contributed by atoms with Crippen LogP contribution in [0.3, 0.4) is 0 Å². The van der Waals surface area contributed by atoms with Gasteiger partial charge in [0.25, 0.3) is 5.91 Å². The summed E-state index contributed by atoms with van der Waals surface area (Å²) in [5.74, 6) is -1.25. The second kappa shape index (κ2) is 9.44. The van der Waals surface area contributed by atoms with Crippen molar-refractivity contribution in [3.8, 4) is 5.75 Å². The lowest BCUT2D eigenvalue weighted by Crippen LogP contribution is -2.24. The summed E-state index contributed by atoms with van der Waals surface area (Å²) in [6.45, 7) is 1.84.